The molecule has 0 aromatic heterocycles. The molecule has 0 aliphatic heterocycles. The SMILES string of the molecule is NC(=O)c1cc(N)cc(C(=O)NC[C@@H](O)CO)c1. The number of aliphatic hydroxyl groups is 2. The van der Waals surface area contributed by atoms with Crippen molar-refractivity contribution in [3.8, 4) is 0 Å². The molecule has 1 atom stereocenters. The predicted octanol–water partition coefficient (Wildman–Crippen LogP) is -1.55. The lowest BCUT2D eigenvalue weighted by Crippen LogP contribution is -2.34. The van der Waals surface area contributed by atoms with Crippen molar-refractivity contribution in [3.05, 3.63) is 29.3 Å². The molecule has 1 aromatic carbocycles. The Kier molecular flexibility index (Phi) is 4.64. The zero-order valence-electron chi connectivity index (χ0n) is 9.59. The van der Waals surface area contributed by atoms with Crippen LogP contribution >= 0.6 is 0 Å². The first-order valence-corrected chi connectivity index (χ1v) is 5.21. The molecule has 0 heterocycles. The van der Waals surface area contributed by atoms with E-state index in [1.807, 2.05) is 0 Å². The smallest absolute Gasteiger partial charge is 0.251 e. The summed E-state index contributed by atoms with van der Waals surface area (Å²) >= 11 is 0. The van der Waals surface area contributed by atoms with E-state index in [0.717, 1.165) is 0 Å². The van der Waals surface area contributed by atoms with Gasteiger partial charge in [0.05, 0.1) is 12.7 Å². The van der Waals surface area contributed by atoms with E-state index in [9.17, 15) is 9.59 Å². The van der Waals surface area contributed by atoms with Crippen LogP contribution in [0.15, 0.2) is 18.2 Å². The molecule has 1 rings (SSSR count). The van der Waals surface area contributed by atoms with Crippen molar-refractivity contribution in [1.82, 2.24) is 5.32 Å². The summed E-state index contributed by atoms with van der Waals surface area (Å²) in [4.78, 5) is 22.7. The standard InChI is InChI=1S/C11H15N3O4/c12-8-2-6(10(13)17)1-7(3-8)11(18)14-4-9(16)5-15/h1-3,9,15-16H,4-5,12H2,(H2,13,17)(H,14,18)/t9-/m1/s1. The Morgan fingerprint density at radius 2 is 1.89 bits per heavy atom. The molecule has 18 heavy (non-hydrogen) atoms. The van der Waals surface area contributed by atoms with Gasteiger partial charge in [-0.05, 0) is 18.2 Å². The Hall–Kier alpha value is -2.12. The van der Waals surface area contributed by atoms with Crippen molar-refractivity contribution in [2.75, 3.05) is 18.9 Å². The molecule has 0 spiro atoms. The summed E-state index contributed by atoms with van der Waals surface area (Å²) in [6, 6.07) is 4.05. The van der Waals surface area contributed by atoms with Gasteiger partial charge < -0.3 is 27.0 Å². The highest BCUT2D eigenvalue weighted by Gasteiger charge is 2.11. The van der Waals surface area contributed by atoms with Gasteiger partial charge in [0.15, 0.2) is 0 Å². The van der Waals surface area contributed by atoms with Crippen LogP contribution in [0.3, 0.4) is 0 Å². The van der Waals surface area contributed by atoms with E-state index in [1.54, 1.807) is 0 Å². The number of rotatable bonds is 5. The molecular formula is C11H15N3O4. The molecule has 0 fully saturated rings. The third-order valence-corrected chi connectivity index (χ3v) is 2.21. The molecular weight excluding hydrogens is 238 g/mol. The topological polar surface area (TPSA) is 139 Å². The number of carbonyl (C=O) groups excluding carboxylic acids is 2. The van der Waals surface area contributed by atoms with Gasteiger partial charge >= 0.3 is 0 Å². The number of nitrogen functional groups attached to an aromatic ring is 1. The number of nitrogens with two attached hydrogens (primary N) is 2. The zero-order chi connectivity index (χ0) is 13.7. The number of primary amides is 1. The van der Waals surface area contributed by atoms with Gasteiger partial charge in [-0.25, -0.2) is 0 Å². The molecule has 0 radical (unpaired) electrons. The van der Waals surface area contributed by atoms with Crippen LogP contribution in [-0.2, 0) is 0 Å². The van der Waals surface area contributed by atoms with Gasteiger partial charge in [0.2, 0.25) is 5.91 Å². The third kappa shape index (κ3) is 3.72. The minimum Gasteiger partial charge on any atom is -0.399 e. The van der Waals surface area contributed by atoms with Crippen molar-refractivity contribution >= 4 is 17.5 Å². The second-order valence-electron chi connectivity index (χ2n) is 3.75. The fourth-order valence-electron chi connectivity index (χ4n) is 1.30. The first-order valence-electron chi connectivity index (χ1n) is 5.21. The molecule has 0 bridgehead atoms. The summed E-state index contributed by atoms with van der Waals surface area (Å²) < 4.78 is 0. The van der Waals surface area contributed by atoms with Crippen molar-refractivity contribution < 1.29 is 19.8 Å². The van der Waals surface area contributed by atoms with Crippen LogP contribution < -0.4 is 16.8 Å². The summed E-state index contributed by atoms with van der Waals surface area (Å²) in [6.45, 7) is -0.556. The molecule has 7 nitrogen and oxygen atoms in total. The highest BCUT2D eigenvalue weighted by atomic mass is 16.3. The number of amides is 2. The number of aliphatic hydroxyl groups excluding tert-OH is 2. The summed E-state index contributed by atoms with van der Waals surface area (Å²) in [7, 11) is 0. The van der Waals surface area contributed by atoms with E-state index in [0.29, 0.717) is 0 Å². The van der Waals surface area contributed by atoms with Gasteiger partial charge in [-0.3, -0.25) is 9.59 Å². The lowest BCUT2D eigenvalue weighted by molar-refractivity contribution is 0.0802. The minimum absolute atomic E-state index is 0.101. The van der Waals surface area contributed by atoms with Crippen molar-refractivity contribution in [3.63, 3.8) is 0 Å². The Balaban J connectivity index is 2.82. The van der Waals surface area contributed by atoms with E-state index >= 15 is 0 Å². The van der Waals surface area contributed by atoms with Crippen LogP contribution in [0.4, 0.5) is 5.69 Å². The van der Waals surface area contributed by atoms with E-state index in [2.05, 4.69) is 5.32 Å². The average molecular weight is 253 g/mol. The monoisotopic (exact) mass is 253 g/mol. The van der Waals surface area contributed by atoms with E-state index < -0.39 is 24.5 Å². The average Bonchev–Trinajstić information content (AvgIpc) is 2.34. The molecule has 1 aromatic rings. The summed E-state index contributed by atoms with van der Waals surface area (Å²) in [5.74, 6) is -1.20. The number of carbonyl (C=O) groups is 2. The Labute approximate surface area is 103 Å². The number of benzene rings is 1. The second kappa shape index (κ2) is 5.99. The number of hydrogen-bond donors (Lipinski definition) is 5. The van der Waals surface area contributed by atoms with Gasteiger partial charge in [-0.15, -0.1) is 0 Å². The molecule has 0 aliphatic carbocycles. The second-order valence-corrected chi connectivity index (χ2v) is 3.75. The lowest BCUT2D eigenvalue weighted by atomic mass is 10.1. The fraction of sp³-hybridized carbons (Fsp3) is 0.273. The largest absolute Gasteiger partial charge is 0.399 e. The third-order valence-electron chi connectivity index (χ3n) is 2.21. The summed E-state index contributed by atoms with van der Waals surface area (Å²) in [5.41, 5.74) is 11.2. The maximum absolute atomic E-state index is 11.7. The summed E-state index contributed by atoms with van der Waals surface area (Å²) in [5, 5.41) is 20.1. The van der Waals surface area contributed by atoms with E-state index in [1.165, 1.54) is 18.2 Å². The van der Waals surface area contributed by atoms with Crippen LogP contribution in [0, 0.1) is 0 Å². The van der Waals surface area contributed by atoms with E-state index in [-0.39, 0.29) is 23.4 Å². The highest BCUT2D eigenvalue weighted by Crippen LogP contribution is 2.11. The molecule has 2 amide bonds. The maximum Gasteiger partial charge on any atom is 0.251 e. The molecule has 7 N–H and O–H groups in total. The van der Waals surface area contributed by atoms with Gasteiger partial charge in [0, 0.05) is 23.4 Å². The molecule has 0 aliphatic rings. The van der Waals surface area contributed by atoms with Gasteiger partial charge in [0.25, 0.3) is 5.91 Å². The fourth-order valence-corrected chi connectivity index (χ4v) is 1.30. The normalized spacial score (nSPS) is 11.9. The van der Waals surface area contributed by atoms with Gasteiger partial charge in [-0.2, -0.15) is 0 Å². The lowest BCUT2D eigenvalue weighted by Gasteiger charge is -2.10. The van der Waals surface area contributed by atoms with Crippen LogP contribution in [0.25, 0.3) is 0 Å². The quantitative estimate of drug-likeness (QED) is 0.404. The maximum atomic E-state index is 11.7. The van der Waals surface area contributed by atoms with Crippen molar-refractivity contribution in [2.24, 2.45) is 5.73 Å². The zero-order valence-corrected chi connectivity index (χ0v) is 9.59. The van der Waals surface area contributed by atoms with Crippen LogP contribution in [0.5, 0.6) is 0 Å². The minimum atomic E-state index is -1.04. The predicted molar refractivity (Wildman–Crippen MR) is 64.8 cm³/mol. The molecule has 0 unspecified atom stereocenters. The Morgan fingerprint density at radius 3 is 2.44 bits per heavy atom. The van der Waals surface area contributed by atoms with Crippen molar-refractivity contribution in [1.29, 1.82) is 0 Å². The Bertz CT molecular complexity index is 462. The van der Waals surface area contributed by atoms with Crippen molar-refractivity contribution in [2.45, 2.75) is 6.10 Å². The molecule has 7 heteroatoms. The summed E-state index contributed by atoms with van der Waals surface area (Å²) in [6.07, 6.45) is -1.04. The molecule has 0 saturated heterocycles. The van der Waals surface area contributed by atoms with Gasteiger partial charge in [-0.1, -0.05) is 0 Å². The van der Waals surface area contributed by atoms with Crippen LogP contribution in [-0.4, -0.2) is 41.3 Å². The number of anilines is 1. The number of hydrogen-bond acceptors (Lipinski definition) is 5. The van der Waals surface area contributed by atoms with Gasteiger partial charge in [0.1, 0.15) is 0 Å². The molecule has 98 valence electrons. The van der Waals surface area contributed by atoms with Crippen LogP contribution in [0.1, 0.15) is 20.7 Å². The number of nitrogens with one attached hydrogen (secondary N) is 1. The first-order chi connectivity index (χ1) is 8.43. The molecule has 0 saturated carbocycles. The van der Waals surface area contributed by atoms with E-state index in [4.69, 9.17) is 21.7 Å². The first kappa shape index (κ1) is 13.9. The highest BCUT2D eigenvalue weighted by molar-refractivity contribution is 6.00. The van der Waals surface area contributed by atoms with Crippen LogP contribution in [0.2, 0.25) is 0 Å². The Morgan fingerprint density at radius 1 is 1.28 bits per heavy atom.